The standard InChI is InChI=1S/C17H23N3O5/c1-24-16(22)11-7-12(17(23)25-2)9-14(8-11)19-15(21)10-20-5-3-13(18)4-6-20/h7-9,13H,3-6,10,18H2,1-2H3,(H,19,21). The van der Waals surface area contributed by atoms with Gasteiger partial charge in [-0.25, -0.2) is 9.59 Å². The second kappa shape index (κ2) is 8.59. The Morgan fingerprint density at radius 2 is 1.60 bits per heavy atom. The summed E-state index contributed by atoms with van der Waals surface area (Å²) in [5, 5.41) is 2.71. The lowest BCUT2D eigenvalue weighted by Crippen LogP contribution is -2.43. The fourth-order valence-corrected chi connectivity index (χ4v) is 2.69. The van der Waals surface area contributed by atoms with E-state index in [2.05, 4.69) is 14.8 Å². The first-order chi connectivity index (χ1) is 11.9. The molecule has 0 bridgehead atoms. The van der Waals surface area contributed by atoms with Crippen LogP contribution in [0.5, 0.6) is 0 Å². The third-order valence-electron chi connectivity index (χ3n) is 4.06. The van der Waals surface area contributed by atoms with Crippen LogP contribution in [0.3, 0.4) is 0 Å². The summed E-state index contributed by atoms with van der Waals surface area (Å²) in [6.07, 6.45) is 1.72. The van der Waals surface area contributed by atoms with Crippen molar-refractivity contribution < 1.29 is 23.9 Å². The molecule has 3 N–H and O–H groups in total. The number of ether oxygens (including phenoxy) is 2. The number of hydrogen-bond acceptors (Lipinski definition) is 7. The van der Waals surface area contributed by atoms with Crippen LogP contribution in [0, 0.1) is 0 Å². The van der Waals surface area contributed by atoms with Gasteiger partial charge in [0, 0.05) is 24.8 Å². The van der Waals surface area contributed by atoms with Gasteiger partial charge in [-0.3, -0.25) is 9.69 Å². The molecule has 0 atom stereocenters. The highest BCUT2D eigenvalue weighted by atomic mass is 16.5. The molecule has 8 nitrogen and oxygen atoms in total. The zero-order valence-corrected chi connectivity index (χ0v) is 14.4. The number of carbonyl (C=O) groups is 3. The van der Waals surface area contributed by atoms with Crippen LogP contribution in [-0.4, -0.2) is 62.6 Å². The van der Waals surface area contributed by atoms with Gasteiger partial charge in [-0.15, -0.1) is 0 Å². The third kappa shape index (κ3) is 5.27. The fraction of sp³-hybridized carbons (Fsp3) is 0.471. The van der Waals surface area contributed by atoms with Crippen molar-refractivity contribution in [1.82, 2.24) is 4.90 Å². The normalized spacial score (nSPS) is 15.5. The Morgan fingerprint density at radius 3 is 2.08 bits per heavy atom. The molecule has 136 valence electrons. The molecule has 1 aromatic carbocycles. The molecular formula is C17H23N3O5. The molecule has 1 aromatic rings. The Hall–Kier alpha value is -2.45. The second-order valence-electron chi connectivity index (χ2n) is 5.94. The molecule has 1 saturated heterocycles. The number of benzene rings is 1. The molecule has 1 heterocycles. The van der Waals surface area contributed by atoms with Gasteiger partial charge in [0.15, 0.2) is 0 Å². The van der Waals surface area contributed by atoms with Crippen molar-refractivity contribution in [2.24, 2.45) is 5.73 Å². The lowest BCUT2D eigenvalue weighted by molar-refractivity contribution is -0.117. The second-order valence-corrected chi connectivity index (χ2v) is 5.94. The number of likely N-dealkylation sites (tertiary alicyclic amines) is 1. The van der Waals surface area contributed by atoms with Crippen molar-refractivity contribution in [3.8, 4) is 0 Å². The van der Waals surface area contributed by atoms with Crippen LogP contribution in [-0.2, 0) is 14.3 Å². The van der Waals surface area contributed by atoms with Gasteiger partial charge in [-0.05, 0) is 31.0 Å². The van der Waals surface area contributed by atoms with Crippen molar-refractivity contribution in [3.63, 3.8) is 0 Å². The summed E-state index contributed by atoms with van der Waals surface area (Å²) in [6.45, 7) is 1.76. The molecule has 8 heteroatoms. The minimum absolute atomic E-state index is 0.157. The van der Waals surface area contributed by atoms with Crippen molar-refractivity contribution in [2.45, 2.75) is 18.9 Å². The summed E-state index contributed by atoms with van der Waals surface area (Å²) in [5.41, 5.74) is 6.50. The quantitative estimate of drug-likeness (QED) is 0.750. The number of esters is 2. The van der Waals surface area contributed by atoms with Gasteiger partial charge < -0.3 is 20.5 Å². The third-order valence-corrected chi connectivity index (χ3v) is 4.06. The summed E-state index contributed by atoms with van der Waals surface area (Å²) >= 11 is 0. The van der Waals surface area contributed by atoms with Gasteiger partial charge >= 0.3 is 11.9 Å². The summed E-state index contributed by atoms with van der Waals surface area (Å²) in [5.74, 6) is -1.44. The minimum Gasteiger partial charge on any atom is -0.465 e. The molecule has 0 aliphatic carbocycles. The number of anilines is 1. The Labute approximate surface area is 146 Å². The molecule has 1 aliphatic heterocycles. The SMILES string of the molecule is COC(=O)c1cc(NC(=O)CN2CCC(N)CC2)cc(C(=O)OC)c1. The highest BCUT2D eigenvalue weighted by Crippen LogP contribution is 2.17. The van der Waals surface area contributed by atoms with E-state index in [0.717, 1.165) is 25.9 Å². The highest BCUT2D eigenvalue weighted by Gasteiger charge is 2.19. The molecule has 0 radical (unpaired) electrons. The lowest BCUT2D eigenvalue weighted by Gasteiger charge is -2.29. The van der Waals surface area contributed by atoms with Crippen LogP contribution in [0.25, 0.3) is 0 Å². The molecule has 1 fully saturated rings. The average Bonchev–Trinajstić information content (AvgIpc) is 2.61. The lowest BCUT2D eigenvalue weighted by atomic mass is 10.1. The maximum absolute atomic E-state index is 12.2. The predicted octanol–water partition coefficient (Wildman–Crippen LogP) is 0.621. The first kappa shape index (κ1) is 18.9. The average molecular weight is 349 g/mol. The van der Waals surface area contributed by atoms with E-state index in [1.807, 2.05) is 4.90 Å². The molecule has 0 unspecified atom stereocenters. The van der Waals surface area contributed by atoms with Crippen LogP contribution in [0.15, 0.2) is 18.2 Å². The first-order valence-corrected chi connectivity index (χ1v) is 8.02. The zero-order valence-electron chi connectivity index (χ0n) is 14.4. The van der Waals surface area contributed by atoms with Crippen LogP contribution >= 0.6 is 0 Å². The molecule has 25 heavy (non-hydrogen) atoms. The summed E-state index contributed by atoms with van der Waals surface area (Å²) in [6, 6.07) is 4.47. The summed E-state index contributed by atoms with van der Waals surface area (Å²) in [4.78, 5) is 37.8. The van der Waals surface area contributed by atoms with E-state index in [1.54, 1.807) is 0 Å². The van der Waals surface area contributed by atoms with Gasteiger partial charge in [0.2, 0.25) is 5.91 Å². The van der Waals surface area contributed by atoms with E-state index in [9.17, 15) is 14.4 Å². The van der Waals surface area contributed by atoms with E-state index in [1.165, 1.54) is 32.4 Å². The first-order valence-electron chi connectivity index (χ1n) is 8.02. The van der Waals surface area contributed by atoms with E-state index in [4.69, 9.17) is 5.73 Å². The largest absolute Gasteiger partial charge is 0.465 e. The van der Waals surface area contributed by atoms with Crippen LogP contribution in [0.1, 0.15) is 33.6 Å². The van der Waals surface area contributed by atoms with Crippen molar-refractivity contribution in [2.75, 3.05) is 39.2 Å². The number of methoxy groups -OCH3 is 2. The van der Waals surface area contributed by atoms with E-state index >= 15 is 0 Å². The molecule has 1 aliphatic rings. The van der Waals surface area contributed by atoms with E-state index < -0.39 is 11.9 Å². The Bertz CT molecular complexity index is 619. The van der Waals surface area contributed by atoms with Gasteiger partial charge in [0.05, 0.1) is 31.9 Å². The number of hydrogen-bond donors (Lipinski definition) is 2. The number of carbonyl (C=O) groups excluding carboxylic acids is 3. The molecule has 0 spiro atoms. The van der Waals surface area contributed by atoms with Crippen LogP contribution in [0.2, 0.25) is 0 Å². The van der Waals surface area contributed by atoms with Crippen molar-refractivity contribution in [3.05, 3.63) is 29.3 Å². The Kier molecular flexibility index (Phi) is 6.49. The predicted molar refractivity (Wildman–Crippen MR) is 91.4 cm³/mol. The monoisotopic (exact) mass is 349 g/mol. The molecule has 0 aromatic heterocycles. The number of amides is 1. The number of nitrogens with one attached hydrogen (secondary N) is 1. The van der Waals surface area contributed by atoms with Crippen molar-refractivity contribution in [1.29, 1.82) is 0 Å². The zero-order chi connectivity index (χ0) is 18.4. The number of rotatable bonds is 5. The number of nitrogens with two attached hydrogens (primary N) is 1. The van der Waals surface area contributed by atoms with E-state index in [-0.39, 0.29) is 29.6 Å². The maximum Gasteiger partial charge on any atom is 0.337 e. The van der Waals surface area contributed by atoms with Crippen molar-refractivity contribution >= 4 is 23.5 Å². The summed E-state index contributed by atoms with van der Waals surface area (Å²) < 4.78 is 9.34. The van der Waals surface area contributed by atoms with Gasteiger partial charge in [0.1, 0.15) is 0 Å². The topological polar surface area (TPSA) is 111 Å². The number of piperidine rings is 1. The Morgan fingerprint density at radius 1 is 1.08 bits per heavy atom. The van der Waals surface area contributed by atoms with Crippen LogP contribution < -0.4 is 11.1 Å². The molecule has 1 amide bonds. The molecule has 2 rings (SSSR count). The fourth-order valence-electron chi connectivity index (χ4n) is 2.69. The smallest absolute Gasteiger partial charge is 0.337 e. The molecular weight excluding hydrogens is 326 g/mol. The highest BCUT2D eigenvalue weighted by molar-refractivity contribution is 5.99. The maximum atomic E-state index is 12.2. The van der Waals surface area contributed by atoms with E-state index in [0.29, 0.717) is 5.69 Å². The molecule has 0 saturated carbocycles. The van der Waals surface area contributed by atoms with Gasteiger partial charge in [-0.1, -0.05) is 0 Å². The van der Waals surface area contributed by atoms with Gasteiger partial charge in [0.25, 0.3) is 0 Å². The van der Waals surface area contributed by atoms with Crippen LogP contribution in [0.4, 0.5) is 5.69 Å². The summed E-state index contributed by atoms with van der Waals surface area (Å²) in [7, 11) is 2.49. The minimum atomic E-state index is -0.605. The van der Waals surface area contributed by atoms with Gasteiger partial charge in [-0.2, -0.15) is 0 Å². The number of nitrogens with zero attached hydrogens (tertiary/aromatic N) is 1. The Balaban J connectivity index is 2.10.